The van der Waals surface area contributed by atoms with Crippen LogP contribution in [0, 0.1) is 0 Å². The second-order valence-corrected chi connectivity index (χ2v) is 5.48. The molecule has 1 N–H and O–H groups in total. The SMILES string of the molecule is CCOC(=O)c1ccnc(CNCC(=O)N(C)CCN(C)C)c1. The molecule has 1 rings (SSSR count). The summed E-state index contributed by atoms with van der Waals surface area (Å²) in [6.45, 7) is 4.26. The topological polar surface area (TPSA) is 74.8 Å². The van der Waals surface area contributed by atoms with Crippen molar-refractivity contribution >= 4 is 11.9 Å². The average molecular weight is 322 g/mol. The second-order valence-electron chi connectivity index (χ2n) is 5.48. The van der Waals surface area contributed by atoms with E-state index in [0.717, 1.165) is 6.54 Å². The minimum absolute atomic E-state index is 0.0217. The van der Waals surface area contributed by atoms with Crippen molar-refractivity contribution in [3.05, 3.63) is 29.6 Å². The first-order valence-corrected chi connectivity index (χ1v) is 7.65. The smallest absolute Gasteiger partial charge is 0.338 e. The molecule has 0 aliphatic heterocycles. The van der Waals surface area contributed by atoms with Gasteiger partial charge in [0.2, 0.25) is 5.91 Å². The van der Waals surface area contributed by atoms with Crippen molar-refractivity contribution < 1.29 is 14.3 Å². The molecule has 7 heteroatoms. The van der Waals surface area contributed by atoms with E-state index in [9.17, 15) is 9.59 Å². The van der Waals surface area contributed by atoms with Crippen LogP contribution >= 0.6 is 0 Å². The molecule has 7 nitrogen and oxygen atoms in total. The minimum atomic E-state index is -0.365. The van der Waals surface area contributed by atoms with E-state index in [1.165, 1.54) is 0 Å². The van der Waals surface area contributed by atoms with E-state index in [4.69, 9.17) is 4.74 Å². The number of esters is 1. The van der Waals surface area contributed by atoms with Crippen molar-refractivity contribution in [1.29, 1.82) is 0 Å². The number of aromatic nitrogens is 1. The first kappa shape index (κ1) is 19.1. The summed E-state index contributed by atoms with van der Waals surface area (Å²) in [5, 5.41) is 3.05. The Balaban J connectivity index is 2.42. The molecule has 1 aromatic heterocycles. The molecule has 1 amide bonds. The van der Waals surface area contributed by atoms with Crippen molar-refractivity contribution in [1.82, 2.24) is 20.1 Å². The number of likely N-dealkylation sites (N-methyl/N-ethyl adjacent to an activating group) is 2. The van der Waals surface area contributed by atoms with E-state index in [2.05, 4.69) is 10.3 Å². The fourth-order valence-corrected chi connectivity index (χ4v) is 1.82. The third kappa shape index (κ3) is 7.21. The minimum Gasteiger partial charge on any atom is -0.462 e. The standard InChI is InChI=1S/C16H26N4O3/c1-5-23-16(22)13-6-7-18-14(10-13)11-17-12-15(21)20(4)9-8-19(2)3/h6-7,10,17H,5,8-9,11-12H2,1-4H3. The Labute approximate surface area is 137 Å². The van der Waals surface area contributed by atoms with Crippen molar-refractivity contribution in [2.45, 2.75) is 13.5 Å². The van der Waals surface area contributed by atoms with Crippen molar-refractivity contribution in [3.63, 3.8) is 0 Å². The van der Waals surface area contributed by atoms with Crippen LogP contribution in [0.2, 0.25) is 0 Å². The van der Waals surface area contributed by atoms with Crippen molar-refractivity contribution in [2.24, 2.45) is 0 Å². The number of carbonyl (C=O) groups excluding carboxylic acids is 2. The predicted molar refractivity (Wildman–Crippen MR) is 88.1 cm³/mol. The van der Waals surface area contributed by atoms with E-state index in [0.29, 0.717) is 31.0 Å². The fourth-order valence-electron chi connectivity index (χ4n) is 1.82. The molecule has 0 unspecified atom stereocenters. The van der Waals surface area contributed by atoms with Gasteiger partial charge in [0.25, 0.3) is 0 Å². The molecule has 0 saturated heterocycles. The lowest BCUT2D eigenvalue weighted by Crippen LogP contribution is -2.38. The van der Waals surface area contributed by atoms with Crippen LogP contribution in [0.1, 0.15) is 23.0 Å². The van der Waals surface area contributed by atoms with E-state index in [1.807, 2.05) is 19.0 Å². The Bertz CT molecular complexity index is 520. The largest absolute Gasteiger partial charge is 0.462 e. The van der Waals surface area contributed by atoms with Gasteiger partial charge in [-0.25, -0.2) is 4.79 Å². The zero-order chi connectivity index (χ0) is 17.2. The van der Waals surface area contributed by atoms with Gasteiger partial charge >= 0.3 is 5.97 Å². The Kier molecular flexibility index (Phi) is 8.21. The summed E-state index contributed by atoms with van der Waals surface area (Å²) >= 11 is 0. The van der Waals surface area contributed by atoms with Crippen LogP contribution in [0.5, 0.6) is 0 Å². The molecule has 1 aromatic rings. The highest BCUT2D eigenvalue weighted by molar-refractivity contribution is 5.89. The van der Waals surface area contributed by atoms with Crippen LogP contribution in [-0.2, 0) is 16.1 Å². The first-order chi connectivity index (χ1) is 10.9. The molecule has 1 heterocycles. The molecule has 0 aromatic carbocycles. The maximum absolute atomic E-state index is 12.0. The van der Waals surface area contributed by atoms with Crippen molar-refractivity contribution in [2.75, 3.05) is 47.4 Å². The summed E-state index contributed by atoms with van der Waals surface area (Å²) in [5.41, 5.74) is 1.16. The number of pyridine rings is 1. The quantitative estimate of drug-likeness (QED) is 0.662. The van der Waals surface area contributed by atoms with E-state index < -0.39 is 0 Å². The summed E-state index contributed by atoms with van der Waals surface area (Å²) in [4.78, 5) is 31.5. The summed E-state index contributed by atoms with van der Waals surface area (Å²) < 4.78 is 4.95. The molecule has 0 saturated carbocycles. The molecule has 0 spiro atoms. The number of amides is 1. The number of carbonyl (C=O) groups is 2. The Hall–Kier alpha value is -1.99. The van der Waals surface area contributed by atoms with Crippen molar-refractivity contribution in [3.8, 4) is 0 Å². The van der Waals surface area contributed by atoms with Gasteiger partial charge in [0.05, 0.1) is 24.4 Å². The zero-order valence-electron chi connectivity index (χ0n) is 14.3. The number of hydrogen-bond donors (Lipinski definition) is 1. The monoisotopic (exact) mass is 322 g/mol. The van der Waals surface area contributed by atoms with Gasteiger partial charge in [0.1, 0.15) is 0 Å². The predicted octanol–water partition coefficient (Wildman–Crippen LogP) is 0.368. The van der Waals surface area contributed by atoms with Gasteiger partial charge in [-0.1, -0.05) is 0 Å². The van der Waals surface area contributed by atoms with Crippen LogP contribution in [0.25, 0.3) is 0 Å². The molecular formula is C16H26N4O3. The number of ether oxygens (including phenoxy) is 1. The fraction of sp³-hybridized carbons (Fsp3) is 0.562. The Morgan fingerprint density at radius 1 is 1.26 bits per heavy atom. The van der Waals surface area contributed by atoms with Gasteiger partial charge in [0, 0.05) is 32.9 Å². The number of hydrogen-bond acceptors (Lipinski definition) is 6. The summed E-state index contributed by atoms with van der Waals surface area (Å²) in [6, 6.07) is 3.28. The average Bonchev–Trinajstić information content (AvgIpc) is 2.53. The lowest BCUT2D eigenvalue weighted by molar-refractivity contribution is -0.129. The number of nitrogens with one attached hydrogen (secondary N) is 1. The van der Waals surface area contributed by atoms with Crippen LogP contribution in [0.3, 0.4) is 0 Å². The van der Waals surface area contributed by atoms with Gasteiger partial charge in [-0.05, 0) is 33.2 Å². The maximum atomic E-state index is 12.0. The highest BCUT2D eigenvalue weighted by Crippen LogP contribution is 2.04. The zero-order valence-corrected chi connectivity index (χ0v) is 14.3. The molecule has 0 aliphatic rings. The molecule has 23 heavy (non-hydrogen) atoms. The third-order valence-electron chi connectivity index (χ3n) is 3.22. The summed E-state index contributed by atoms with van der Waals surface area (Å²) in [5.74, 6) is -0.343. The maximum Gasteiger partial charge on any atom is 0.338 e. The first-order valence-electron chi connectivity index (χ1n) is 7.65. The van der Waals surface area contributed by atoms with Gasteiger partial charge in [0.15, 0.2) is 0 Å². The molecule has 0 bridgehead atoms. The third-order valence-corrected chi connectivity index (χ3v) is 3.22. The summed E-state index contributed by atoms with van der Waals surface area (Å²) in [7, 11) is 5.73. The van der Waals surface area contributed by atoms with Gasteiger partial charge < -0.3 is 19.9 Å². The van der Waals surface area contributed by atoms with Crippen LogP contribution in [0.15, 0.2) is 18.3 Å². The van der Waals surface area contributed by atoms with E-state index in [1.54, 1.807) is 37.2 Å². The molecule has 128 valence electrons. The van der Waals surface area contributed by atoms with Gasteiger partial charge in [-0.3, -0.25) is 9.78 Å². The van der Waals surface area contributed by atoms with E-state index in [-0.39, 0.29) is 18.4 Å². The molecular weight excluding hydrogens is 296 g/mol. The second kappa shape index (κ2) is 9.91. The number of rotatable bonds is 9. The Morgan fingerprint density at radius 2 is 2.00 bits per heavy atom. The van der Waals surface area contributed by atoms with Gasteiger partial charge in [-0.15, -0.1) is 0 Å². The van der Waals surface area contributed by atoms with E-state index >= 15 is 0 Å². The highest BCUT2D eigenvalue weighted by atomic mass is 16.5. The van der Waals surface area contributed by atoms with Crippen LogP contribution < -0.4 is 5.32 Å². The van der Waals surface area contributed by atoms with Crippen LogP contribution in [0.4, 0.5) is 0 Å². The molecule has 0 radical (unpaired) electrons. The summed E-state index contributed by atoms with van der Waals surface area (Å²) in [6.07, 6.45) is 1.56. The number of nitrogens with zero attached hydrogens (tertiary/aromatic N) is 3. The molecule has 0 atom stereocenters. The molecule has 0 fully saturated rings. The van der Waals surface area contributed by atoms with Gasteiger partial charge in [-0.2, -0.15) is 0 Å². The molecule has 0 aliphatic carbocycles. The lowest BCUT2D eigenvalue weighted by Gasteiger charge is -2.19. The van der Waals surface area contributed by atoms with Crippen LogP contribution in [-0.4, -0.2) is 74.0 Å². The normalized spacial score (nSPS) is 10.7. The Morgan fingerprint density at radius 3 is 2.65 bits per heavy atom. The lowest BCUT2D eigenvalue weighted by atomic mass is 10.2. The highest BCUT2D eigenvalue weighted by Gasteiger charge is 2.10.